The Balaban J connectivity index is 1.65. The van der Waals surface area contributed by atoms with Gasteiger partial charge in [-0.25, -0.2) is 4.79 Å². The molecule has 2 amide bonds. The molecule has 0 spiro atoms. The third kappa shape index (κ3) is 3.65. The van der Waals surface area contributed by atoms with Crippen LogP contribution in [0.4, 0.5) is 4.79 Å². The quantitative estimate of drug-likeness (QED) is 0.907. The Bertz CT molecular complexity index is 721. The second kappa shape index (κ2) is 7.14. The van der Waals surface area contributed by atoms with Gasteiger partial charge in [-0.05, 0) is 29.8 Å². The van der Waals surface area contributed by atoms with Crippen LogP contribution in [0.25, 0.3) is 0 Å². The maximum Gasteiger partial charge on any atom is 0.318 e. The van der Waals surface area contributed by atoms with Crippen LogP contribution in [-0.4, -0.2) is 50.3 Å². The van der Waals surface area contributed by atoms with Gasteiger partial charge in [0.25, 0.3) is 0 Å². The first-order valence-electron chi connectivity index (χ1n) is 7.69. The van der Waals surface area contributed by atoms with Crippen molar-refractivity contribution in [3.8, 4) is 0 Å². The third-order valence-electron chi connectivity index (χ3n) is 3.94. The van der Waals surface area contributed by atoms with Crippen molar-refractivity contribution >= 4 is 17.6 Å². The summed E-state index contributed by atoms with van der Waals surface area (Å²) < 4.78 is 5.86. The van der Waals surface area contributed by atoms with Gasteiger partial charge in [-0.1, -0.05) is 23.7 Å². The number of aryl methyl sites for hydroxylation is 1. The average molecular weight is 351 g/mol. The number of benzene rings is 1. The van der Waals surface area contributed by atoms with Crippen LogP contribution in [0.5, 0.6) is 0 Å². The van der Waals surface area contributed by atoms with E-state index in [2.05, 4.69) is 20.7 Å². The van der Waals surface area contributed by atoms with Gasteiger partial charge in [-0.3, -0.25) is 0 Å². The van der Waals surface area contributed by atoms with Crippen LogP contribution in [-0.2, 0) is 18.3 Å². The van der Waals surface area contributed by atoms with Crippen LogP contribution < -0.4 is 5.32 Å². The third-order valence-corrected chi connectivity index (χ3v) is 4.18. The van der Waals surface area contributed by atoms with E-state index in [9.17, 15) is 4.79 Å². The Hall–Kier alpha value is -2.19. The zero-order chi connectivity index (χ0) is 17.1. The van der Waals surface area contributed by atoms with E-state index in [1.54, 1.807) is 11.9 Å². The summed E-state index contributed by atoms with van der Waals surface area (Å²) in [6.45, 7) is 3.19. The summed E-state index contributed by atoms with van der Waals surface area (Å²) in [6.07, 6.45) is -0.210. The largest absolute Gasteiger partial charge is 0.370 e. The Morgan fingerprint density at radius 1 is 1.50 bits per heavy atom. The fourth-order valence-corrected chi connectivity index (χ4v) is 2.98. The van der Waals surface area contributed by atoms with Crippen LogP contribution in [0.3, 0.4) is 0 Å². The van der Waals surface area contributed by atoms with E-state index in [-0.39, 0.29) is 24.7 Å². The number of hydrogen-bond donors (Lipinski definition) is 1. The SMILES string of the molecule is C[C@@H]1[C@@H](c2cccc(Cl)c2)OCCN1C(=O)NCc1nnn(C)n1. The minimum absolute atomic E-state index is 0.118. The van der Waals surface area contributed by atoms with Gasteiger partial charge in [-0.2, -0.15) is 4.80 Å². The van der Waals surface area contributed by atoms with Gasteiger partial charge in [0.1, 0.15) is 6.10 Å². The zero-order valence-corrected chi connectivity index (χ0v) is 14.3. The lowest BCUT2D eigenvalue weighted by molar-refractivity contribution is -0.0498. The predicted molar refractivity (Wildman–Crippen MR) is 87.3 cm³/mol. The van der Waals surface area contributed by atoms with E-state index < -0.39 is 0 Å². The van der Waals surface area contributed by atoms with Gasteiger partial charge < -0.3 is 15.0 Å². The summed E-state index contributed by atoms with van der Waals surface area (Å²) >= 11 is 6.06. The molecule has 3 rings (SSSR count). The molecule has 2 aromatic rings. The second-order valence-corrected chi connectivity index (χ2v) is 6.07. The molecule has 128 valence electrons. The first kappa shape index (κ1) is 16.7. The molecule has 0 saturated carbocycles. The van der Waals surface area contributed by atoms with E-state index >= 15 is 0 Å². The first-order chi connectivity index (χ1) is 11.5. The first-order valence-corrected chi connectivity index (χ1v) is 8.07. The Kier molecular flexibility index (Phi) is 4.96. The number of nitrogens with one attached hydrogen (secondary N) is 1. The highest BCUT2D eigenvalue weighted by atomic mass is 35.5. The lowest BCUT2D eigenvalue weighted by Gasteiger charge is -2.39. The number of ether oxygens (including phenoxy) is 1. The normalized spacial score (nSPS) is 20.9. The van der Waals surface area contributed by atoms with E-state index in [1.807, 2.05) is 31.2 Å². The lowest BCUT2D eigenvalue weighted by atomic mass is 10.0. The summed E-state index contributed by atoms with van der Waals surface area (Å²) in [6, 6.07) is 7.23. The fourth-order valence-electron chi connectivity index (χ4n) is 2.78. The molecule has 2 heterocycles. The van der Waals surface area contributed by atoms with Crippen molar-refractivity contribution < 1.29 is 9.53 Å². The molecular weight excluding hydrogens is 332 g/mol. The molecule has 9 heteroatoms. The maximum absolute atomic E-state index is 12.5. The van der Waals surface area contributed by atoms with Crippen molar-refractivity contribution in [1.82, 2.24) is 30.4 Å². The number of carbonyl (C=O) groups excluding carboxylic acids is 1. The van der Waals surface area contributed by atoms with Crippen LogP contribution >= 0.6 is 11.6 Å². The molecule has 0 aliphatic carbocycles. The number of hydrogen-bond acceptors (Lipinski definition) is 5. The summed E-state index contributed by atoms with van der Waals surface area (Å²) in [5.41, 5.74) is 0.961. The molecule has 0 radical (unpaired) electrons. The molecular formula is C15H19ClN6O2. The molecule has 1 N–H and O–H groups in total. The van der Waals surface area contributed by atoms with Crippen molar-refractivity contribution in [2.75, 3.05) is 13.2 Å². The van der Waals surface area contributed by atoms with Crippen molar-refractivity contribution in [1.29, 1.82) is 0 Å². The number of tetrazole rings is 1. The van der Waals surface area contributed by atoms with E-state index in [1.165, 1.54) is 4.80 Å². The van der Waals surface area contributed by atoms with Gasteiger partial charge in [0.2, 0.25) is 0 Å². The highest BCUT2D eigenvalue weighted by Gasteiger charge is 2.33. The van der Waals surface area contributed by atoms with E-state index in [0.29, 0.717) is 24.0 Å². The molecule has 1 aliphatic rings. The molecule has 1 aromatic carbocycles. The van der Waals surface area contributed by atoms with Crippen molar-refractivity contribution in [3.63, 3.8) is 0 Å². The molecule has 1 fully saturated rings. The minimum Gasteiger partial charge on any atom is -0.370 e. The maximum atomic E-state index is 12.5. The van der Waals surface area contributed by atoms with Crippen LogP contribution in [0.2, 0.25) is 5.02 Å². The zero-order valence-electron chi connectivity index (χ0n) is 13.5. The van der Waals surface area contributed by atoms with E-state index in [4.69, 9.17) is 16.3 Å². The Morgan fingerprint density at radius 3 is 3.04 bits per heavy atom. The number of carbonyl (C=O) groups is 1. The summed E-state index contributed by atoms with van der Waals surface area (Å²) in [5, 5.41) is 15.1. The number of urea groups is 1. The highest BCUT2D eigenvalue weighted by Crippen LogP contribution is 2.29. The topological polar surface area (TPSA) is 85.2 Å². The summed E-state index contributed by atoms with van der Waals surface area (Å²) in [4.78, 5) is 15.6. The molecule has 24 heavy (non-hydrogen) atoms. The lowest BCUT2D eigenvalue weighted by Crippen LogP contribution is -2.52. The molecule has 1 aromatic heterocycles. The number of nitrogens with zero attached hydrogens (tertiary/aromatic N) is 5. The van der Waals surface area contributed by atoms with Gasteiger partial charge in [-0.15, -0.1) is 10.2 Å². The standard InChI is InChI=1S/C15H19ClN6O2/c1-10-14(11-4-3-5-12(16)8-11)24-7-6-22(10)15(23)17-9-13-18-20-21(2)19-13/h3-5,8,10,14H,6-7,9H2,1-2H3,(H,17,23)/t10-,14+/m1/s1. The summed E-state index contributed by atoms with van der Waals surface area (Å²) in [5.74, 6) is 0.471. The second-order valence-electron chi connectivity index (χ2n) is 5.63. The number of halogens is 1. The molecule has 1 aliphatic heterocycles. The molecule has 2 atom stereocenters. The number of amides is 2. The van der Waals surface area contributed by atoms with Crippen molar-refractivity contribution in [3.05, 3.63) is 40.7 Å². The van der Waals surface area contributed by atoms with Crippen molar-refractivity contribution in [2.24, 2.45) is 7.05 Å². The monoisotopic (exact) mass is 350 g/mol. The number of morpholine rings is 1. The van der Waals surface area contributed by atoms with Crippen molar-refractivity contribution in [2.45, 2.75) is 25.6 Å². The van der Waals surface area contributed by atoms with Gasteiger partial charge in [0.15, 0.2) is 5.82 Å². The molecule has 0 unspecified atom stereocenters. The van der Waals surface area contributed by atoms with Gasteiger partial charge in [0.05, 0.1) is 26.2 Å². The smallest absolute Gasteiger partial charge is 0.318 e. The molecule has 8 nitrogen and oxygen atoms in total. The van der Waals surface area contributed by atoms with Crippen LogP contribution in [0.1, 0.15) is 24.4 Å². The number of aromatic nitrogens is 4. The average Bonchev–Trinajstić information content (AvgIpc) is 2.98. The Labute approximate surface area is 144 Å². The molecule has 0 bridgehead atoms. The highest BCUT2D eigenvalue weighted by molar-refractivity contribution is 6.30. The minimum atomic E-state index is -0.210. The fraction of sp³-hybridized carbons (Fsp3) is 0.467. The van der Waals surface area contributed by atoms with Crippen LogP contribution in [0, 0.1) is 0 Å². The van der Waals surface area contributed by atoms with E-state index in [0.717, 1.165) is 5.56 Å². The van der Waals surface area contributed by atoms with Gasteiger partial charge in [0, 0.05) is 11.6 Å². The van der Waals surface area contributed by atoms with Crippen LogP contribution in [0.15, 0.2) is 24.3 Å². The van der Waals surface area contributed by atoms with Gasteiger partial charge >= 0.3 is 6.03 Å². The summed E-state index contributed by atoms with van der Waals surface area (Å²) in [7, 11) is 1.68. The number of rotatable bonds is 3. The Morgan fingerprint density at radius 2 is 2.33 bits per heavy atom. The molecule has 1 saturated heterocycles. The predicted octanol–water partition coefficient (Wildman–Crippen LogP) is 1.54.